The summed E-state index contributed by atoms with van der Waals surface area (Å²) in [6, 6.07) is 3.00. The van der Waals surface area contributed by atoms with E-state index in [0.29, 0.717) is 25.7 Å². The maximum absolute atomic E-state index is 13.1. The van der Waals surface area contributed by atoms with Crippen LogP contribution in [0.4, 0.5) is 4.39 Å². The van der Waals surface area contributed by atoms with Crippen LogP contribution in [-0.4, -0.2) is 20.4 Å². The molecule has 1 aliphatic carbocycles. The second kappa shape index (κ2) is 6.29. The van der Waals surface area contributed by atoms with Gasteiger partial charge in [-0.3, -0.25) is 4.79 Å². The lowest BCUT2D eigenvalue weighted by molar-refractivity contribution is -0.122. The lowest BCUT2D eigenvalue weighted by Crippen LogP contribution is -2.39. The van der Waals surface area contributed by atoms with E-state index in [9.17, 15) is 17.6 Å². The molecule has 0 aliphatic heterocycles. The average Bonchev–Trinajstić information content (AvgIpc) is 2.42. The first-order valence-corrected chi connectivity index (χ1v) is 8.42. The molecule has 0 atom stereocenters. The largest absolute Gasteiger partial charge is 0.369 e. The Morgan fingerprint density at radius 3 is 2.43 bits per heavy atom. The van der Waals surface area contributed by atoms with Gasteiger partial charge in [-0.1, -0.05) is 11.6 Å². The normalized spacial score (nSPS) is 23.0. The Balaban J connectivity index is 2.05. The van der Waals surface area contributed by atoms with Gasteiger partial charge < -0.3 is 5.73 Å². The number of nitrogens with two attached hydrogens (primary N) is 1. The van der Waals surface area contributed by atoms with Gasteiger partial charge in [0.15, 0.2) is 0 Å². The number of sulfonamides is 1. The summed E-state index contributed by atoms with van der Waals surface area (Å²) in [6.07, 6.45) is 2.21. The van der Waals surface area contributed by atoms with Crippen LogP contribution in [0.2, 0.25) is 5.02 Å². The smallest absolute Gasteiger partial charge is 0.240 e. The molecule has 1 aromatic rings. The predicted molar refractivity (Wildman–Crippen MR) is 76.7 cm³/mol. The minimum Gasteiger partial charge on any atom is -0.369 e. The fourth-order valence-electron chi connectivity index (χ4n) is 2.43. The molecule has 0 heterocycles. The summed E-state index contributed by atoms with van der Waals surface area (Å²) in [6.45, 7) is 0. The van der Waals surface area contributed by atoms with Crippen LogP contribution in [0.25, 0.3) is 0 Å². The second-order valence-corrected chi connectivity index (χ2v) is 7.27. The average molecular weight is 335 g/mol. The highest BCUT2D eigenvalue weighted by atomic mass is 35.5. The van der Waals surface area contributed by atoms with Crippen molar-refractivity contribution in [1.82, 2.24) is 4.72 Å². The maximum Gasteiger partial charge on any atom is 0.240 e. The van der Waals surface area contributed by atoms with Crippen molar-refractivity contribution < 1.29 is 17.6 Å². The minimum absolute atomic E-state index is 0.0778. The van der Waals surface area contributed by atoms with Gasteiger partial charge in [0.05, 0.1) is 9.92 Å². The molecule has 116 valence electrons. The molecule has 1 aliphatic rings. The number of carbonyl (C=O) groups is 1. The Hall–Kier alpha value is -1.18. The lowest BCUT2D eigenvalue weighted by Gasteiger charge is -2.27. The zero-order chi connectivity index (χ0) is 15.6. The second-order valence-electron chi connectivity index (χ2n) is 5.15. The van der Waals surface area contributed by atoms with Gasteiger partial charge in [0.2, 0.25) is 15.9 Å². The van der Waals surface area contributed by atoms with Crippen molar-refractivity contribution >= 4 is 27.5 Å². The number of benzene rings is 1. The van der Waals surface area contributed by atoms with Crippen LogP contribution in [0.1, 0.15) is 25.7 Å². The monoisotopic (exact) mass is 334 g/mol. The topological polar surface area (TPSA) is 89.3 Å². The molecule has 0 unspecified atom stereocenters. The molecule has 8 heteroatoms. The molecular formula is C13H16ClFN2O3S. The number of carbonyl (C=O) groups excluding carboxylic acids is 1. The van der Waals surface area contributed by atoms with Crippen LogP contribution >= 0.6 is 11.6 Å². The highest BCUT2D eigenvalue weighted by molar-refractivity contribution is 7.89. The molecule has 2 rings (SSSR count). The van der Waals surface area contributed by atoms with Crippen molar-refractivity contribution in [1.29, 1.82) is 0 Å². The highest BCUT2D eigenvalue weighted by Gasteiger charge is 2.28. The summed E-state index contributed by atoms with van der Waals surface area (Å²) >= 11 is 5.60. The van der Waals surface area contributed by atoms with Crippen molar-refractivity contribution in [3.05, 3.63) is 29.0 Å². The van der Waals surface area contributed by atoms with Crippen molar-refractivity contribution in [3.63, 3.8) is 0 Å². The molecule has 3 N–H and O–H groups in total. The summed E-state index contributed by atoms with van der Waals surface area (Å²) < 4.78 is 40.0. The van der Waals surface area contributed by atoms with Gasteiger partial charge in [-0.15, -0.1) is 0 Å². The Morgan fingerprint density at radius 2 is 1.90 bits per heavy atom. The zero-order valence-electron chi connectivity index (χ0n) is 11.2. The first kappa shape index (κ1) is 16.2. The Morgan fingerprint density at radius 1 is 1.29 bits per heavy atom. The third kappa shape index (κ3) is 3.93. The van der Waals surface area contributed by atoms with Gasteiger partial charge in [0.25, 0.3) is 0 Å². The van der Waals surface area contributed by atoms with Crippen molar-refractivity contribution in [3.8, 4) is 0 Å². The maximum atomic E-state index is 13.1. The third-order valence-electron chi connectivity index (χ3n) is 3.65. The minimum atomic E-state index is -3.75. The fraction of sp³-hybridized carbons (Fsp3) is 0.462. The van der Waals surface area contributed by atoms with Gasteiger partial charge in [0, 0.05) is 12.0 Å². The predicted octanol–water partition coefficient (Wildman–Crippen LogP) is 1.80. The van der Waals surface area contributed by atoms with Gasteiger partial charge in [-0.25, -0.2) is 17.5 Å². The summed E-state index contributed by atoms with van der Waals surface area (Å²) in [5.41, 5.74) is 5.23. The van der Waals surface area contributed by atoms with E-state index in [1.54, 1.807) is 0 Å². The Bertz CT molecular complexity index is 643. The van der Waals surface area contributed by atoms with Crippen LogP contribution < -0.4 is 10.5 Å². The summed E-state index contributed by atoms with van der Waals surface area (Å²) in [5.74, 6) is -1.20. The van der Waals surface area contributed by atoms with Crippen molar-refractivity contribution in [2.45, 2.75) is 36.6 Å². The quantitative estimate of drug-likeness (QED) is 0.879. The SMILES string of the molecule is NC(=O)C1CCC(NS(=O)(=O)c2ccc(F)c(Cl)c2)CC1. The first-order valence-electron chi connectivity index (χ1n) is 6.56. The van der Waals surface area contributed by atoms with Crippen molar-refractivity contribution in [2.75, 3.05) is 0 Å². The number of rotatable bonds is 4. The molecule has 0 spiro atoms. The zero-order valence-corrected chi connectivity index (χ0v) is 12.8. The number of halogens is 2. The standard InChI is InChI=1S/C13H16ClFN2O3S/c14-11-7-10(5-6-12(11)15)21(19,20)17-9-3-1-8(2-4-9)13(16)18/h5-9,17H,1-4H2,(H2,16,18). The molecular weight excluding hydrogens is 319 g/mol. The van der Waals surface area contributed by atoms with E-state index in [4.69, 9.17) is 17.3 Å². The van der Waals surface area contributed by atoms with Crippen LogP contribution in [0.3, 0.4) is 0 Å². The van der Waals surface area contributed by atoms with E-state index in [0.717, 1.165) is 12.1 Å². The van der Waals surface area contributed by atoms with E-state index in [-0.39, 0.29) is 27.8 Å². The fourth-order valence-corrected chi connectivity index (χ4v) is 4.00. The van der Waals surface area contributed by atoms with Gasteiger partial charge >= 0.3 is 0 Å². The summed E-state index contributed by atoms with van der Waals surface area (Å²) in [5, 5.41) is -0.240. The van der Waals surface area contributed by atoms with Crippen LogP contribution in [-0.2, 0) is 14.8 Å². The Labute approximate surface area is 127 Å². The highest BCUT2D eigenvalue weighted by Crippen LogP contribution is 2.26. The van der Waals surface area contributed by atoms with Gasteiger partial charge in [-0.2, -0.15) is 0 Å². The number of hydrogen-bond acceptors (Lipinski definition) is 3. The number of nitrogens with one attached hydrogen (secondary N) is 1. The Kier molecular flexibility index (Phi) is 4.85. The van der Waals surface area contributed by atoms with E-state index in [1.807, 2.05) is 0 Å². The van der Waals surface area contributed by atoms with Crippen LogP contribution in [0.15, 0.2) is 23.1 Å². The number of amides is 1. The molecule has 0 saturated heterocycles. The van der Waals surface area contributed by atoms with Gasteiger partial charge in [-0.05, 0) is 43.9 Å². The first-order chi connectivity index (χ1) is 9.79. The molecule has 5 nitrogen and oxygen atoms in total. The summed E-state index contributed by atoms with van der Waals surface area (Å²) in [7, 11) is -3.75. The third-order valence-corrected chi connectivity index (χ3v) is 5.46. The molecule has 1 aromatic carbocycles. The molecule has 0 bridgehead atoms. The van der Waals surface area contributed by atoms with E-state index < -0.39 is 15.8 Å². The van der Waals surface area contributed by atoms with Crippen LogP contribution in [0.5, 0.6) is 0 Å². The van der Waals surface area contributed by atoms with Crippen LogP contribution in [0, 0.1) is 11.7 Å². The molecule has 0 radical (unpaired) electrons. The molecule has 1 fully saturated rings. The molecule has 0 aromatic heterocycles. The summed E-state index contributed by atoms with van der Waals surface area (Å²) in [4.78, 5) is 11.0. The molecule has 1 amide bonds. The van der Waals surface area contributed by atoms with E-state index in [1.165, 1.54) is 6.07 Å². The van der Waals surface area contributed by atoms with Gasteiger partial charge in [0.1, 0.15) is 5.82 Å². The molecule has 1 saturated carbocycles. The molecule has 21 heavy (non-hydrogen) atoms. The van der Waals surface area contributed by atoms with E-state index in [2.05, 4.69) is 4.72 Å². The van der Waals surface area contributed by atoms with E-state index >= 15 is 0 Å². The number of primary amides is 1. The lowest BCUT2D eigenvalue weighted by atomic mass is 9.86. The van der Waals surface area contributed by atoms with Crippen molar-refractivity contribution in [2.24, 2.45) is 11.7 Å². The number of hydrogen-bond donors (Lipinski definition) is 2.